The van der Waals surface area contributed by atoms with Crippen LogP contribution in [0.4, 0.5) is 0 Å². The zero-order valence-corrected chi connectivity index (χ0v) is 10.5. The molecule has 0 aliphatic carbocycles. The number of H-pyrrole nitrogens is 2. The van der Waals surface area contributed by atoms with Gasteiger partial charge in [-0.2, -0.15) is 5.10 Å². The highest BCUT2D eigenvalue weighted by Gasteiger charge is 2.14. The second kappa shape index (κ2) is 5.51. The Kier molecular flexibility index (Phi) is 3.40. The van der Waals surface area contributed by atoms with Gasteiger partial charge in [0.05, 0.1) is 12.0 Å². The number of hydrogen-bond donors (Lipinski definition) is 2. The van der Waals surface area contributed by atoms with E-state index >= 15 is 0 Å². The van der Waals surface area contributed by atoms with Gasteiger partial charge in [-0.05, 0) is 12.5 Å². The van der Waals surface area contributed by atoms with E-state index in [1.807, 2.05) is 31.0 Å². The summed E-state index contributed by atoms with van der Waals surface area (Å²) in [6.45, 7) is 0.827. The van der Waals surface area contributed by atoms with Gasteiger partial charge in [0, 0.05) is 49.9 Å². The smallest absolute Gasteiger partial charge is 0.106 e. The van der Waals surface area contributed by atoms with Gasteiger partial charge < -0.3 is 9.55 Å². The molecule has 0 atom stereocenters. The highest BCUT2D eigenvalue weighted by molar-refractivity contribution is 5.11. The molecule has 0 saturated carbocycles. The molecule has 97 valence electrons. The molecule has 2 N–H and O–H groups in total. The molecule has 3 aromatic rings. The van der Waals surface area contributed by atoms with Crippen molar-refractivity contribution in [2.24, 2.45) is 0 Å². The predicted molar refractivity (Wildman–Crippen MR) is 70.1 cm³/mol. The van der Waals surface area contributed by atoms with Gasteiger partial charge in [0.25, 0.3) is 0 Å². The molecule has 0 aromatic carbocycles. The molecule has 3 heterocycles. The first kappa shape index (κ1) is 11.7. The maximum Gasteiger partial charge on any atom is 0.106 e. The second-order valence-corrected chi connectivity index (χ2v) is 4.44. The average Bonchev–Trinajstić information content (AvgIpc) is 3.10. The van der Waals surface area contributed by atoms with Gasteiger partial charge in [-0.25, -0.2) is 9.97 Å². The topological polar surface area (TPSA) is 75.2 Å². The average molecular weight is 255 g/mol. The molecule has 3 aromatic heterocycles. The fourth-order valence-corrected chi connectivity index (χ4v) is 2.09. The first-order valence-corrected chi connectivity index (χ1v) is 6.16. The lowest BCUT2D eigenvalue weighted by Crippen LogP contribution is -2.14. The second-order valence-electron chi connectivity index (χ2n) is 4.44. The highest BCUT2D eigenvalue weighted by Crippen LogP contribution is 2.15. The Labute approximate surface area is 110 Å². The van der Waals surface area contributed by atoms with Crippen LogP contribution in [0.5, 0.6) is 0 Å². The van der Waals surface area contributed by atoms with Crippen LogP contribution in [-0.4, -0.2) is 29.7 Å². The van der Waals surface area contributed by atoms with Gasteiger partial charge >= 0.3 is 0 Å². The number of nitrogens with zero attached hydrogens (tertiary/aromatic N) is 4. The van der Waals surface area contributed by atoms with Crippen molar-refractivity contribution in [2.45, 2.75) is 19.4 Å². The number of hydrogen-bond acceptors (Lipinski definition) is 3. The van der Waals surface area contributed by atoms with Crippen molar-refractivity contribution in [2.75, 3.05) is 0 Å². The summed E-state index contributed by atoms with van der Waals surface area (Å²) in [4.78, 5) is 11.5. The molecule has 0 saturated heterocycles. The fraction of sp³-hybridized carbons (Fsp3) is 0.231. The third kappa shape index (κ3) is 3.09. The molecule has 1 radical (unpaired) electrons. The summed E-state index contributed by atoms with van der Waals surface area (Å²) in [6, 6.07) is 2.00. The minimum absolute atomic E-state index is 0.818. The Balaban J connectivity index is 1.70. The molecule has 6 nitrogen and oxygen atoms in total. The van der Waals surface area contributed by atoms with E-state index in [4.69, 9.17) is 0 Å². The first-order valence-electron chi connectivity index (χ1n) is 6.16. The van der Waals surface area contributed by atoms with Crippen LogP contribution in [0.25, 0.3) is 0 Å². The van der Waals surface area contributed by atoms with Crippen LogP contribution in [-0.2, 0) is 19.4 Å². The van der Waals surface area contributed by atoms with Crippen LogP contribution in [0.2, 0.25) is 0 Å². The van der Waals surface area contributed by atoms with E-state index in [2.05, 4.69) is 29.7 Å². The largest absolute Gasteiger partial charge is 0.349 e. The van der Waals surface area contributed by atoms with Crippen molar-refractivity contribution >= 4 is 0 Å². The van der Waals surface area contributed by atoms with Gasteiger partial charge in [0.1, 0.15) is 5.82 Å². The summed E-state index contributed by atoms with van der Waals surface area (Å²) in [5, 5.41) is 7.06. The molecule has 0 bridgehead atoms. The van der Waals surface area contributed by atoms with Crippen LogP contribution in [0.1, 0.15) is 11.5 Å². The van der Waals surface area contributed by atoms with E-state index in [0.29, 0.717) is 0 Å². The Bertz CT molecular complexity index is 481. The normalized spacial score (nSPS) is 11.2. The van der Waals surface area contributed by atoms with Gasteiger partial charge in [-0.1, -0.05) is 0 Å². The van der Waals surface area contributed by atoms with E-state index in [1.165, 1.54) is 5.92 Å². The SMILES string of the molecule is c1cn(C[C](Cc2cc[nH]n2)Cc2ncc[nH]2)cn1. The summed E-state index contributed by atoms with van der Waals surface area (Å²) in [7, 11) is 0. The Morgan fingerprint density at radius 3 is 2.89 bits per heavy atom. The maximum atomic E-state index is 4.29. The van der Waals surface area contributed by atoms with E-state index in [1.54, 1.807) is 12.4 Å². The van der Waals surface area contributed by atoms with Gasteiger partial charge in [0.15, 0.2) is 0 Å². The number of imidazole rings is 2. The van der Waals surface area contributed by atoms with Gasteiger partial charge in [-0.15, -0.1) is 0 Å². The Morgan fingerprint density at radius 1 is 1.21 bits per heavy atom. The number of aromatic nitrogens is 6. The quantitative estimate of drug-likeness (QED) is 0.699. The van der Waals surface area contributed by atoms with Gasteiger partial charge in [-0.3, -0.25) is 5.10 Å². The third-order valence-corrected chi connectivity index (χ3v) is 2.93. The zero-order chi connectivity index (χ0) is 12.9. The molecule has 6 heteroatoms. The number of aromatic amines is 2. The molecule has 0 spiro atoms. The Hall–Kier alpha value is -2.37. The van der Waals surface area contributed by atoms with Crippen LogP contribution in [0, 0.1) is 5.92 Å². The van der Waals surface area contributed by atoms with Crippen LogP contribution in [0.3, 0.4) is 0 Å². The minimum Gasteiger partial charge on any atom is -0.349 e. The molecular weight excluding hydrogens is 240 g/mol. The lowest BCUT2D eigenvalue weighted by molar-refractivity contribution is 0.633. The van der Waals surface area contributed by atoms with Crippen LogP contribution >= 0.6 is 0 Å². The predicted octanol–water partition coefficient (Wildman–Crippen LogP) is 1.39. The standard InChI is InChI=1S/C13H15N6/c1-2-17-18-12(1)7-11(8-13-15-3-4-16-13)9-19-6-5-14-10-19/h1-6,10H,7-9H2,(H,15,16)(H,17,18). The van der Waals surface area contributed by atoms with E-state index in [0.717, 1.165) is 30.9 Å². The van der Waals surface area contributed by atoms with Crippen molar-refractivity contribution in [3.05, 3.63) is 60.8 Å². The number of rotatable bonds is 6. The molecule has 3 rings (SSSR count). The summed E-state index contributed by atoms with van der Waals surface area (Å²) >= 11 is 0. The molecule has 0 amide bonds. The Morgan fingerprint density at radius 2 is 2.21 bits per heavy atom. The van der Waals surface area contributed by atoms with Crippen molar-refractivity contribution in [3.8, 4) is 0 Å². The van der Waals surface area contributed by atoms with E-state index < -0.39 is 0 Å². The molecular formula is C13H15N6. The monoisotopic (exact) mass is 255 g/mol. The third-order valence-electron chi connectivity index (χ3n) is 2.93. The van der Waals surface area contributed by atoms with Gasteiger partial charge in [0.2, 0.25) is 0 Å². The van der Waals surface area contributed by atoms with Crippen molar-refractivity contribution in [1.29, 1.82) is 0 Å². The summed E-state index contributed by atoms with van der Waals surface area (Å²) < 4.78 is 2.06. The highest BCUT2D eigenvalue weighted by atomic mass is 15.1. The van der Waals surface area contributed by atoms with E-state index in [9.17, 15) is 0 Å². The molecule has 19 heavy (non-hydrogen) atoms. The summed E-state index contributed by atoms with van der Waals surface area (Å²) in [5.74, 6) is 2.31. The van der Waals surface area contributed by atoms with E-state index in [-0.39, 0.29) is 0 Å². The van der Waals surface area contributed by atoms with Crippen LogP contribution < -0.4 is 0 Å². The lowest BCUT2D eigenvalue weighted by Gasteiger charge is -2.14. The van der Waals surface area contributed by atoms with Crippen LogP contribution in [0.15, 0.2) is 43.4 Å². The van der Waals surface area contributed by atoms with Crippen molar-refractivity contribution in [1.82, 2.24) is 29.7 Å². The van der Waals surface area contributed by atoms with Crippen molar-refractivity contribution < 1.29 is 0 Å². The summed E-state index contributed by atoms with van der Waals surface area (Å²) in [5.41, 5.74) is 1.04. The molecule has 0 fully saturated rings. The maximum absolute atomic E-state index is 4.29. The lowest BCUT2D eigenvalue weighted by atomic mass is 9.99. The summed E-state index contributed by atoms with van der Waals surface area (Å²) in [6.07, 6.45) is 12.7. The van der Waals surface area contributed by atoms with Crippen molar-refractivity contribution in [3.63, 3.8) is 0 Å². The molecule has 0 aliphatic rings. The zero-order valence-electron chi connectivity index (χ0n) is 10.5. The first-order chi connectivity index (χ1) is 9.40. The fourth-order valence-electron chi connectivity index (χ4n) is 2.09. The minimum atomic E-state index is 0.818. The molecule has 0 unspecified atom stereocenters. The number of nitrogens with one attached hydrogen (secondary N) is 2. The molecule has 0 aliphatic heterocycles.